The molecule has 0 aliphatic rings. The molecule has 0 aliphatic carbocycles. The Morgan fingerprint density at radius 3 is 1.28 bits per heavy atom. The van der Waals surface area contributed by atoms with Crippen molar-refractivity contribution in [1.82, 2.24) is 5.32 Å². The van der Waals surface area contributed by atoms with Crippen molar-refractivity contribution in [3.63, 3.8) is 0 Å². The van der Waals surface area contributed by atoms with Crippen molar-refractivity contribution in [2.45, 2.75) is 213 Å². The van der Waals surface area contributed by atoms with E-state index < -0.39 is 6.10 Å². The van der Waals surface area contributed by atoms with Gasteiger partial charge in [-0.25, -0.2) is 0 Å². The van der Waals surface area contributed by atoms with E-state index in [2.05, 4.69) is 25.2 Å². The van der Waals surface area contributed by atoms with Crippen LogP contribution in [0.25, 0.3) is 0 Å². The minimum absolute atomic E-state index is 0.0787. The maximum Gasteiger partial charge on any atom is 0.220 e. The summed E-state index contributed by atoms with van der Waals surface area (Å²) in [6.07, 6.45) is 39.9. The van der Waals surface area contributed by atoms with Gasteiger partial charge >= 0.3 is 0 Å². The molecule has 0 heterocycles. The molecule has 2 atom stereocenters. The van der Waals surface area contributed by atoms with Crippen molar-refractivity contribution in [3.05, 3.63) is 12.2 Å². The van der Waals surface area contributed by atoms with Crippen molar-refractivity contribution < 1.29 is 9.90 Å². The average Bonchev–Trinajstić information content (AvgIpc) is 2.93. The van der Waals surface area contributed by atoms with Crippen LogP contribution < -0.4 is 5.32 Å². The topological polar surface area (TPSA) is 49.3 Å². The molecule has 0 aromatic heterocycles. The number of hydrogen-bond acceptors (Lipinski definition) is 2. The van der Waals surface area contributed by atoms with E-state index in [1.807, 2.05) is 13.0 Å². The summed E-state index contributed by atoms with van der Waals surface area (Å²) >= 11 is 0. The quantitative estimate of drug-likeness (QED) is 0.0667. The van der Waals surface area contributed by atoms with Gasteiger partial charge in [0.1, 0.15) is 0 Å². The van der Waals surface area contributed by atoms with E-state index in [4.69, 9.17) is 0 Å². The van der Waals surface area contributed by atoms with Crippen LogP contribution in [-0.4, -0.2) is 23.2 Å². The van der Waals surface area contributed by atoms with Gasteiger partial charge in [0.2, 0.25) is 5.91 Å². The Balaban J connectivity index is 3.48. The standard InChI is InChI=1S/C36H71NO2/c1-4-6-8-10-12-14-16-18-19-21-23-25-27-29-31-33-36(39)37-34(3)35(38)32-30-28-26-24-22-20-17-15-13-11-9-7-5-2/h30,32,34-35,38H,4-29,31,33H2,1-3H3,(H,37,39)/b32-30+/t34-,35+/m1/s1. The highest BCUT2D eigenvalue weighted by atomic mass is 16.3. The number of aliphatic hydroxyl groups is 1. The minimum Gasteiger partial charge on any atom is -0.387 e. The molecule has 1 amide bonds. The molecule has 0 aliphatic heterocycles. The summed E-state index contributed by atoms with van der Waals surface area (Å²) in [5, 5.41) is 13.3. The van der Waals surface area contributed by atoms with Crippen LogP contribution in [-0.2, 0) is 4.79 Å². The highest BCUT2D eigenvalue weighted by Crippen LogP contribution is 2.14. The summed E-state index contributed by atoms with van der Waals surface area (Å²) in [4.78, 5) is 12.2. The third kappa shape index (κ3) is 30.0. The Labute approximate surface area is 245 Å². The number of allylic oxidation sites excluding steroid dienone is 1. The third-order valence-corrected chi connectivity index (χ3v) is 8.22. The number of amides is 1. The fraction of sp³-hybridized carbons (Fsp3) is 0.917. The van der Waals surface area contributed by atoms with Crippen molar-refractivity contribution in [1.29, 1.82) is 0 Å². The molecule has 0 radical (unpaired) electrons. The van der Waals surface area contributed by atoms with Crippen molar-refractivity contribution >= 4 is 5.91 Å². The molecule has 0 aromatic carbocycles. The van der Waals surface area contributed by atoms with Crippen molar-refractivity contribution in [2.24, 2.45) is 0 Å². The molecular formula is C36H71NO2. The zero-order valence-electron chi connectivity index (χ0n) is 27.0. The zero-order chi connectivity index (χ0) is 28.7. The predicted octanol–water partition coefficient (Wildman–Crippen LogP) is 11.4. The summed E-state index contributed by atoms with van der Waals surface area (Å²) in [5.41, 5.74) is 0. The molecule has 3 nitrogen and oxygen atoms in total. The molecular weight excluding hydrogens is 478 g/mol. The van der Waals surface area contributed by atoms with Gasteiger partial charge < -0.3 is 10.4 Å². The number of carbonyl (C=O) groups is 1. The molecule has 0 unspecified atom stereocenters. The van der Waals surface area contributed by atoms with Crippen molar-refractivity contribution in [2.75, 3.05) is 0 Å². The van der Waals surface area contributed by atoms with Crippen molar-refractivity contribution in [3.8, 4) is 0 Å². The molecule has 0 spiro atoms. The molecule has 0 saturated heterocycles. The second-order valence-electron chi connectivity index (χ2n) is 12.3. The Bertz CT molecular complexity index is 518. The van der Waals surface area contributed by atoms with Crippen LogP contribution in [0.5, 0.6) is 0 Å². The molecule has 0 rings (SSSR count). The number of rotatable bonds is 31. The number of nitrogens with one attached hydrogen (secondary N) is 1. The number of hydrogen-bond donors (Lipinski definition) is 2. The van der Waals surface area contributed by atoms with Crippen LogP contribution in [0.3, 0.4) is 0 Å². The Hall–Kier alpha value is -0.830. The molecule has 0 aromatic rings. The van der Waals surface area contributed by atoms with Crippen LogP contribution >= 0.6 is 0 Å². The fourth-order valence-electron chi connectivity index (χ4n) is 5.40. The minimum atomic E-state index is -0.595. The Morgan fingerprint density at radius 2 is 0.897 bits per heavy atom. The maximum atomic E-state index is 12.2. The van der Waals surface area contributed by atoms with Crippen LogP contribution in [0.2, 0.25) is 0 Å². The van der Waals surface area contributed by atoms with Crippen LogP contribution in [0, 0.1) is 0 Å². The molecule has 39 heavy (non-hydrogen) atoms. The van der Waals surface area contributed by atoms with Gasteiger partial charge in [0, 0.05) is 6.42 Å². The first-order chi connectivity index (χ1) is 19.1. The van der Waals surface area contributed by atoms with Gasteiger partial charge in [-0.1, -0.05) is 180 Å². The smallest absolute Gasteiger partial charge is 0.220 e. The van der Waals surface area contributed by atoms with Gasteiger partial charge in [0.05, 0.1) is 12.1 Å². The summed E-state index contributed by atoms with van der Waals surface area (Å²) in [5.74, 6) is 0.0787. The predicted molar refractivity (Wildman–Crippen MR) is 173 cm³/mol. The van der Waals surface area contributed by atoms with Gasteiger partial charge in [-0.05, 0) is 26.2 Å². The van der Waals surface area contributed by atoms with E-state index in [-0.39, 0.29) is 11.9 Å². The highest BCUT2D eigenvalue weighted by Gasteiger charge is 2.13. The van der Waals surface area contributed by atoms with E-state index >= 15 is 0 Å². The lowest BCUT2D eigenvalue weighted by molar-refractivity contribution is -0.122. The number of aliphatic hydroxyl groups excluding tert-OH is 1. The Morgan fingerprint density at radius 1 is 0.564 bits per heavy atom. The first kappa shape index (κ1) is 38.2. The van der Waals surface area contributed by atoms with Gasteiger partial charge in [-0.3, -0.25) is 4.79 Å². The average molecular weight is 550 g/mol. The zero-order valence-corrected chi connectivity index (χ0v) is 27.0. The molecule has 0 fully saturated rings. The first-order valence-corrected chi connectivity index (χ1v) is 17.8. The SMILES string of the molecule is CCCCCCCCCCCCC/C=C/[C@H](O)[C@@H](C)NC(=O)CCCCCCCCCCCCCCCCC. The van der Waals surface area contributed by atoms with Gasteiger partial charge in [0.25, 0.3) is 0 Å². The highest BCUT2D eigenvalue weighted by molar-refractivity contribution is 5.76. The lowest BCUT2D eigenvalue weighted by Crippen LogP contribution is -2.40. The summed E-state index contributed by atoms with van der Waals surface area (Å²) in [6, 6.07) is -0.220. The summed E-state index contributed by atoms with van der Waals surface area (Å²) in [7, 11) is 0. The lowest BCUT2D eigenvalue weighted by Gasteiger charge is -2.17. The van der Waals surface area contributed by atoms with E-state index in [9.17, 15) is 9.90 Å². The van der Waals surface area contributed by atoms with Crippen LogP contribution in [0.4, 0.5) is 0 Å². The molecule has 3 heteroatoms. The number of unbranched alkanes of at least 4 members (excludes halogenated alkanes) is 25. The Kier molecular flexibility index (Phi) is 31.0. The van der Waals surface area contributed by atoms with Gasteiger partial charge in [-0.2, -0.15) is 0 Å². The van der Waals surface area contributed by atoms with Crippen LogP contribution in [0.1, 0.15) is 201 Å². The second kappa shape index (κ2) is 31.7. The van der Waals surface area contributed by atoms with Gasteiger partial charge in [-0.15, -0.1) is 0 Å². The van der Waals surface area contributed by atoms with E-state index in [0.717, 1.165) is 19.3 Å². The van der Waals surface area contributed by atoms with E-state index in [0.29, 0.717) is 6.42 Å². The maximum absolute atomic E-state index is 12.2. The van der Waals surface area contributed by atoms with Gasteiger partial charge in [0.15, 0.2) is 0 Å². The molecule has 232 valence electrons. The summed E-state index contributed by atoms with van der Waals surface area (Å²) < 4.78 is 0. The molecule has 2 N–H and O–H groups in total. The molecule has 0 saturated carbocycles. The number of carbonyl (C=O) groups excluding carboxylic acids is 1. The summed E-state index contributed by atoms with van der Waals surface area (Å²) in [6.45, 7) is 6.46. The van der Waals surface area contributed by atoms with E-state index in [1.165, 1.54) is 154 Å². The molecule has 0 bridgehead atoms. The first-order valence-electron chi connectivity index (χ1n) is 17.8. The second-order valence-corrected chi connectivity index (χ2v) is 12.3. The van der Waals surface area contributed by atoms with E-state index in [1.54, 1.807) is 0 Å². The largest absolute Gasteiger partial charge is 0.387 e. The monoisotopic (exact) mass is 550 g/mol. The van der Waals surface area contributed by atoms with Crippen LogP contribution in [0.15, 0.2) is 12.2 Å². The fourth-order valence-corrected chi connectivity index (χ4v) is 5.40. The third-order valence-electron chi connectivity index (χ3n) is 8.22. The normalized spacial score (nSPS) is 13.2. The lowest BCUT2D eigenvalue weighted by atomic mass is 10.0.